The second kappa shape index (κ2) is 8.76. The summed E-state index contributed by atoms with van der Waals surface area (Å²) < 4.78 is 17.5. The lowest BCUT2D eigenvalue weighted by molar-refractivity contribution is -0.175. The first-order valence-corrected chi connectivity index (χ1v) is 11.2. The van der Waals surface area contributed by atoms with Gasteiger partial charge in [0.2, 0.25) is 5.60 Å². The van der Waals surface area contributed by atoms with Crippen molar-refractivity contribution in [3.05, 3.63) is 45.6 Å². The van der Waals surface area contributed by atoms with E-state index in [1.807, 2.05) is 27.7 Å². The lowest BCUT2D eigenvalue weighted by atomic mass is 9.77. The molecular weight excluding hydrogens is 424 g/mol. The molecule has 7 heteroatoms. The van der Waals surface area contributed by atoms with Crippen LogP contribution in [0.2, 0.25) is 0 Å². The average Bonchev–Trinajstić information content (AvgIpc) is 3.12. The Hall–Kier alpha value is -2.96. The number of allylic oxidation sites excluding steroid dienone is 3. The van der Waals surface area contributed by atoms with Gasteiger partial charge in [-0.05, 0) is 61.5 Å². The van der Waals surface area contributed by atoms with E-state index in [4.69, 9.17) is 14.2 Å². The van der Waals surface area contributed by atoms with Crippen molar-refractivity contribution < 1.29 is 33.4 Å². The minimum Gasteiger partial charge on any atom is -0.458 e. The molecule has 1 fully saturated rings. The Bertz CT molecular complexity index is 1050. The van der Waals surface area contributed by atoms with Crippen LogP contribution in [0.4, 0.5) is 0 Å². The molecule has 3 aliphatic rings. The fourth-order valence-corrected chi connectivity index (χ4v) is 4.84. The van der Waals surface area contributed by atoms with Gasteiger partial charge in [0, 0.05) is 29.1 Å². The lowest BCUT2D eigenvalue weighted by Gasteiger charge is -2.34. The number of ether oxygens (including phenoxy) is 3. The smallest absolute Gasteiger partial charge is 0.351 e. The molecule has 0 radical (unpaired) electrons. The Morgan fingerprint density at radius 2 is 1.76 bits per heavy atom. The number of ketones is 1. The molecule has 5 unspecified atom stereocenters. The molecular formula is C26H32O7. The topological polar surface area (TPSA) is 96.0 Å². The van der Waals surface area contributed by atoms with E-state index >= 15 is 0 Å². The number of hydrogen-bond acceptors (Lipinski definition) is 7. The first-order valence-electron chi connectivity index (χ1n) is 11.2. The number of rotatable bonds is 4. The number of carbonyl (C=O) groups excluding carboxylic acids is 4. The Kier molecular flexibility index (Phi) is 6.55. The third kappa shape index (κ3) is 4.09. The van der Waals surface area contributed by atoms with E-state index in [9.17, 15) is 19.2 Å². The standard InChI is InChI=1S/C26H32O7/c1-9-13(4)23(28)33-26(8)21-18(31-24(29)16(7)12(2)3)11-15(6)19-17(27)10-14(5)20(19)22(21)32-25(26)30/h9-10,18,20-22H,11H2,1-8H3. The van der Waals surface area contributed by atoms with Crippen molar-refractivity contribution in [2.75, 3.05) is 0 Å². The second-order valence-corrected chi connectivity index (χ2v) is 9.56. The van der Waals surface area contributed by atoms with E-state index in [2.05, 4.69) is 0 Å². The van der Waals surface area contributed by atoms with Crippen molar-refractivity contribution in [2.24, 2.45) is 11.8 Å². The minimum atomic E-state index is -1.68. The summed E-state index contributed by atoms with van der Waals surface area (Å²) in [5, 5.41) is 0. The second-order valence-electron chi connectivity index (χ2n) is 9.56. The fraction of sp³-hybridized carbons (Fsp3) is 0.538. The molecule has 0 amide bonds. The van der Waals surface area contributed by atoms with Crippen molar-refractivity contribution >= 4 is 23.7 Å². The van der Waals surface area contributed by atoms with Gasteiger partial charge in [-0.1, -0.05) is 22.8 Å². The third-order valence-electron chi connectivity index (χ3n) is 7.13. The molecule has 1 saturated heterocycles. The fourth-order valence-electron chi connectivity index (χ4n) is 4.84. The SMILES string of the molecule is CC=C(C)C(=O)OC1(C)C(=O)OC2C3C(C)=CC(=O)C3=C(C)CC(OC(=O)C(C)=C(C)C)C21. The first-order chi connectivity index (χ1) is 15.3. The number of carbonyl (C=O) groups is 4. The molecule has 2 aliphatic carbocycles. The molecule has 3 rings (SSSR count). The van der Waals surface area contributed by atoms with Crippen LogP contribution in [0.15, 0.2) is 45.6 Å². The van der Waals surface area contributed by atoms with Crippen LogP contribution >= 0.6 is 0 Å². The van der Waals surface area contributed by atoms with Gasteiger partial charge in [0.15, 0.2) is 5.78 Å². The molecule has 5 atom stereocenters. The Labute approximate surface area is 194 Å². The Morgan fingerprint density at radius 1 is 1.12 bits per heavy atom. The van der Waals surface area contributed by atoms with E-state index in [0.29, 0.717) is 16.7 Å². The van der Waals surface area contributed by atoms with Gasteiger partial charge in [-0.25, -0.2) is 14.4 Å². The molecule has 0 aromatic heterocycles. The Balaban J connectivity index is 2.13. The summed E-state index contributed by atoms with van der Waals surface area (Å²) in [6, 6.07) is 0. The zero-order valence-electron chi connectivity index (χ0n) is 20.5. The number of esters is 3. The first kappa shape index (κ1) is 24.7. The predicted molar refractivity (Wildman–Crippen MR) is 121 cm³/mol. The van der Waals surface area contributed by atoms with Gasteiger partial charge in [-0.15, -0.1) is 0 Å². The summed E-state index contributed by atoms with van der Waals surface area (Å²) in [4.78, 5) is 51.5. The third-order valence-corrected chi connectivity index (χ3v) is 7.13. The van der Waals surface area contributed by atoms with E-state index in [1.54, 1.807) is 32.9 Å². The van der Waals surface area contributed by atoms with Gasteiger partial charge >= 0.3 is 17.9 Å². The molecule has 0 saturated carbocycles. The largest absolute Gasteiger partial charge is 0.458 e. The van der Waals surface area contributed by atoms with Crippen LogP contribution in [0.3, 0.4) is 0 Å². The van der Waals surface area contributed by atoms with Crippen LogP contribution in [0, 0.1) is 11.8 Å². The molecule has 0 spiro atoms. The van der Waals surface area contributed by atoms with E-state index < -0.39 is 47.6 Å². The van der Waals surface area contributed by atoms with Gasteiger partial charge in [-0.3, -0.25) is 4.79 Å². The van der Waals surface area contributed by atoms with E-state index in [0.717, 1.165) is 16.7 Å². The summed E-state index contributed by atoms with van der Waals surface area (Å²) in [6.45, 7) is 13.7. The van der Waals surface area contributed by atoms with Crippen molar-refractivity contribution in [3.8, 4) is 0 Å². The van der Waals surface area contributed by atoms with Crippen LogP contribution in [0.25, 0.3) is 0 Å². The van der Waals surface area contributed by atoms with E-state index in [-0.39, 0.29) is 12.2 Å². The predicted octanol–water partition coefficient (Wildman–Crippen LogP) is 3.93. The van der Waals surface area contributed by atoms with Crippen molar-refractivity contribution in [2.45, 2.75) is 79.6 Å². The maximum atomic E-state index is 13.2. The van der Waals surface area contributed by atoms with Gasteiger partial charge < -0.3 is 14.2 Å². The van der Waals surface area contributed by atoms with Crippen LogP contribution in [0.5, 0.6) is 0 Å². The maximum Gasteiger partial charge on any atom is 0.351 e. The normalized spacial score (nSPS) is 31.3. The van der Waals surface area contributed by atoms with Crippen molar-refractivity contribution in [1.29, 1.82) is 0 Å². The zero-order valence-corrected chi connectivity index (χ0v) is 20.5. The number of hydrogen-bond donors (Lipinski definition) is 0. The highest BCUT2D eigenvalue weighted by Gasteiger charge is 2.65. The van der Waals surface area contributed by atoms with Gasteiger partial charge in [-0.2, -0.15) is 0 Å². The summed E-state index contributed by atoms with van der Waals surface area (Å²) >= 11 is 0. The molecule has 0 aromatic carbocycles. The summed E-state index contributed by atoms with van der Waals surface area (Å²) in [7, 11) is 0. The summed E-state index contributed by atoms with van der Waals surface area (Å²) in [5.41, 5.74) is 2.03. The Morgan fingerprint density at radius 3 is 2.33 bits per heavy atom. The van der Waals surface area contributed by atoms with Crippen LogP contribution in [0.1, 0.15) is 61.8 Å². The molecule has 0 bridgehead atoms. The van der Waals surface area contributed by atoms with Gasteiger partial charge in [0.1, 0.15) is 12.2 Å². The zero-order chi connectivity index (χ0) is 24.8. The molecule has 0 aromatic rings. The molecule has 1 aliphatic heterocycles. The van der Waals surface area contributed by atoms with Crippen molar-refractivity contribution in [3.63, 3.8) is 0 Å². The summed E-state index contributed by atoms with van der Waals surface area (Å²) in [6.07, 6.45) is 1.75. The van der Waals surface area contributed by atoms with Gasteiger partial charge in [0.05, 0.1) is 5.92 Å². The highest BCUT2D eigenvalue weighted by Crippen LogP contribution is 2.51. The maximum absolute atomic E-state index is 13.2. The highest BCUT2D eigenvalue weighted by atomic mass is 16.6. The molecule has 1 heterocycles. The summed E-state index contributed by atoms with van der Waals surface area (Å²) in [5.74, 6) is -3.26. The van der Waals surface area contributed by atoms with Crippen LogP contribution in [-0.4, -0.2) is 41.5 Å². The monoisotopic (exact) mass is 456 g/mol. The molecule has 7 nitrogen and oxygen atoms in total. The van der Waals surface area contributed by atoms with Gasteiger partial charge in [0.25, 0.3) is 0 Å². The molecule has 0 N–H and O–H groups in total. The minimum absolute atomic E-state index is 0.132. The highest BCUT2D eigenvalue weighted by molar-refractivity contribution is 6.09. The molecule has 33 heavy (non-hydrogen) atoms. The van der Waals surface area contributed by atoms with Crippen LogP contribution in [-0.2, 0) is 33.4 Å². The molecule has 178 valence electrons. The quantitative estimate of drug-likeness (QED) is 0.359. The van der Waals surface area contributed by atoms with Crippen LogP contribution < -0.4 is 0 Å². The van der Waals surface area contributed by atoms with Crippen molar-refractivity contribution in [1.82, 2.24) is 0 Å². The lowest BCUT2D eigenvalue weighted by Crippen LogP contribution is -2.50. The number of fused-ring (bicyclic) bond motifs is 3. The van der Waals surface area contributed by atoms with E-state index in [1.165, 1.54) is 6.92 Å². The average molecular weight is 457 g/mol.